The van der Waals surface area contributed by atoms with E-state index in [1.54, 1.807) is 64.1 Å². The van der Waals surface area contributed by atoms with Gasteiger partial charge in [0.05, 0.1) is 24.2 Å². The van der Waals surface area contributed by atoms with Gasteiger partial charge >= 0.3 is 17.9 Å². The van der Waals surface area contributed by atoms with Crippen molar-refractivity contribution < 1.29 is 48.3 Å². The minimum atomic E-state index is -1.95. The summed E-state index contributed by atoms with van der Waals surface area (Å²) in [7, 11) is 0. The van der Waals surface area contributed by atoms with Crippen molar-refractivity contribution in [1.82, 2.24) is 0 Å². The van der Waals surface area contributed by atoms with Crippen molar-refractivity contribution in [3.63, 3.8) is 0 Å². The second-order valence-electron chi connectivity index (χ2n) is 13.3. The minimum Gasteiger partial charge on any atom is -0.455 e. The lowest BCUT2D eigenvalue weighted by Gasteiger charge is -2.66. The monoisotopic (exact) mass is 600 g/mol. The van der Waals surface area contributed by atoms with E-state index >= 15 is 0 Å². The van der Waals surface area contributed by atoms with Gasteiger partial charge in [-0.3, -0.25) is 14.4 Å². The molecule has 0 aromatic heterocycles. The smallest absolute Gasteiger partial charge is 0.338 e. The van der Waals surface area contributed by atoms with Crippen LogP contribution in [0.4, 0.5) is 0 Å². The van der Waals surface area contributed by atoms with Crippen molar-refractivity contribution in [2.24, 2.45) is 22.7 Å². The molecule has 1 saturated heterocycles. The molecule has 0 spiro atoms. The number of ether oxygens (including phenoxy) is 4. The number of rotatable bonds is 8. The van der Waals surface area contributed by atoms with Crippen molar-refractivity contribution in [2.45, 2.75) is 104 Å². The molecule has 2 N–H and O–H groups in total. The maximum Gasteiger partial charge on any atom is 0.338 e. The molecule has 2 aliphatic carbocycles. The van der Waals surface area contributed by atoms with Crippen LogP contribution in [-0.2, 0) is 33.3 Å². The first-order valence-electron chi connectivity index (χ1n) is 14.8. The number of hydrogen-bond acceptors (Lipinski definition) is 10. The van der Waals surface area contributed by atoms with E-state index in [-0.39, 0.29) is 18.6 Å². The minimum absolute atomic E-state index is 0.104. The quantitative estimate of drug-likeness (QED) is 0.258. The largest absolute Gasteiger partial charge is 0.455 e. The summed E-state index contributed by atoms with van der Waals surface area (Å²) in [6, 6.07) is 8.24. The van der Waals surface area contributed by atoms with E-state index < -0.39 is 82.0 Å². The predicted molar refractivity (Wildman–Crippen MR) is 155 cm³/mol. The van der Waals surface area contributed by atoms with Crippen molar-refractivity contribution in [2.75, 3.05) is 6.61 Å². The highest BCUT2D eigenvalue weighted by molar-refractivity contribution is 5.92. The highest BCUT2D eigenvalue weighted by Gasteiger charge is 2.75. The molecule has 0 radical (unpaired) electrons. The summed E-state index contributed by atoms with van der Waals surface area (Å²) in [4.78, 5) is 52.9. The topological polar surface area (TPSA) is 146 Å². The van der Waals surface area contributed by atoms with Crippen LogP contribution in [0.2, 0.25) is 0 Å². The Morgan fingerprint density at radius 3 is 2.19 bits per heavy atom. The number of Topliss-reactive ketones (excluding diaryl/α,β-unsaturated/α-hetero) is 1. The Hall–Kier alpha value is -3.08. The maximum atomic E-state index is 14.5. The Balaban J connectivity index is 2.01. The number of ketones is 1. The van der Waals surface area contributed by atoms with Crippen molar-refractivity contribution in [1.29, 1.82) is 0 Å². The second-order valence-corrected chi connectivity index (χ2v) is 13.3. The zero-order valence-corrected chi connectivity index (χ0v) is 26.2. The van der Waals surface area contributed by atoms with Crippen LogP contribution in [0, 0.1) is 22.7 Å². The average molecular weight is 601 g/mol. The molecule has 10 nitrogen and oxygen atoms in total. The summed E-state index contributed by atoms with van der Waals surface area (Å²) in [5.74, 6) is -4.12. The first-order valence-corrected chi connectivity index (χ1v) is 14.8. The van der Waals surface area contributed by atoms with Gasteiger partial charge in [0.15, 0.2) is 17.5 Å². The zero-order chi connectivity index (χ0) is 32.1. The maximum absolute atomic E-state index is 14.5. The summed E-state index contributed by atoms with van der Waals surface area (Å²) < 4.78 is 23.7. The Bertz CT molecular complexity index is 1300. The molecule has 10 heteroatoms. The molecule has 1 aromatic carbocycles. The van der Waals surface area contributed by atoms with E-state index in [1.807, 2.05) is 6.92 Å². The SMILES string of the molecule is CC(=O)O[C@H](C)C(=O)[C@@]1(C)C(C(OC(=O)c2ccccc2)[C@]2(O)C[C@H](O)C(C)=CC2(C)C)[C@]2(OC(C)=O)CO[C@@H]2C[C@@H]1C. The second kappa shape index (κ2) is 11.4. The van der Waals surface area contributed by atoms with E-state index in [1.165, 1.54) is 20.8 Å². The predicted octanol–water partition coefficient (Wildman–Crippen LogP) is 3.56. The first kappa shape index (κ1) is 32.8. The van der Waals surface area contributed by atoms with Crippen LogP contribution in [0.5, 0.6) is 0 Å². The van der Waals surface area contributed by atoms with Crippen LogP contribution in [-0.4, -0.2) is 76.1 Å². The van der Waals surface area contributed by atoms with Crippen LogP contribution in [0.3, 0.4) is 0 Å². The van der Waals surface area contributed by atoms with Crippen LogP contribution < -0.4 is 0 Å². The standard InChI is InChI=1S/C33H44O10/c1-18-15-30(6,7)33(39,16-24(18)36)28(42-29(38)23-12-10-9-11-13-23)26-31(8,27(37)20(3)41-21(4)34)19(2)14-25-32(26,17-40-25)43-22(5)35/h9-13,15,19-20,24-26,28,36,39H,14,16-17H2,1-8H3/t19-,20+,24-,25+,26?,28?,31+,32-,33+/m0/s1. The molecular formula is C33H44O10. The summed E-state index contributed by atoms with van der Waals surface area (Å²) in [5.41, 5.74) is -5.10. The lowest BCUT2D eigenvalue weighted by molar-refractivity contribution is -0.337. The number of hydrogen-bond donors (Lipinski definition) is 2. The molecule has 1 heterocycles. The van der Waals surface area contributed by atoms with Crippen molar-refractivity contribution in [3.8, 4) is 0 Å². The Labute approximate surface area is 252 Å². The van der Waals surface area contributed by atoms with E-state index in [2.05, 4.69) is 0 Å². The average Bonchev–Trinajstić information content (AvgIpc) is 2.91. The Morgan fingerprint density at radius 1 is 1.02 bits per heavy atom. The fraction of sp³-hybridized carbons (Fsp3) is 0.636. The first-order chi connectivity index (χ1) is 19.9. The van der Waals surface area contributed by atoms with Crippen molar-refractivity contribution in [3.05, 3.63) is 47.5 Å². The third-order valence-electron chi connectivity index (χ3n) is 10.1. The van der Waals surface area contributed by atoms with Gasteiger partial charge in [0.1, 0.15) is 17.8 Å². The molecule has 236 valence electrons. The highest BCUT2D eigenvalue weighted by atomic mass is 16.6. The molecule has 1 saturated carbocycles. The van der Waals surface area contributed by atoms with E-state index in [4.69, 9.17) is 18.9 Å². The number of benzene rings is 1. The summed E-state index contributed by atoms with van der Waals surface area (Å²) in [6.45, 7) is 12.6. The fourth-order valence-electron chi connectivity index (χ4n) is 7.63. The van der Waals surface area contributed by atoms with E-state index in [0.29, 0.717) is 12.0 Å². The van der Waals surface area contributed by atoms with Crippen LogP contribution in [0.15, 0.2) is 42.0 Å². The Kier molecular flexibility index (Phi) is 8.74. The molecule has 0 amide bonds. The molecule has 9 atom stereocenters. The molecule has 2 fully saturated rings. The molecular weight excluding hydrogens is 556 g/mol. The van der Waals surface area contributed by atoms with Crippen LogP contribution >= 0.6 is 0 Å². The number of carbonyl (C=O) groups is 4. The summed E-state index contributed by atoms with van der Waals surface area (Å²) in [5, 5.41) is 23.9. The summed E-state index contributed by atoms with van der Waals surface area (Å²) >= 11 is 0. The molecule has 3 aliphatic rings. The van der Waals surface area contributed by atoms with Gasteiger partial charge in [-0.1, -0.05) is 52.0 Å². The number of carbonyl (C=O) groups excluding carboxylic acids is 4. The van der Waals surface area contributed by atoms with Crippen LogP contribution in [0.1, 0.15) is 78.6 Å². The molecule has 1 aliphatic heterocycles. The number of aliphatic hydroxyl groups is 2. The van der Waals surface area contributed by atoms with Crippen LogP contribution in [0.25, 0.3) is 0 Å². The van der Waals surface area contributed by atoms with Gasteiger partial charge in [-0.2, -0.15) is 0 Å². The molecule has 4 rings (SSSR count). The summed E-state index contributed by atoms with van der Waals surface area (Å²) in [6.07, 6.45) is -2.56. The third-order valence-corrected chi connectivity index (χ3v) is 10.1. The van der Waals surface area contributed by atoms with E-state index in [0.717, 1.165) is 0 Å². The fourth-order valence-corrected chi connectivity index (χ4v) is 7.63. The lowest BCUT2D eigenvalue weighted by Crippen LogP contribution is -2.79. The molecule has 0 bridgehead atoms. The van der Waals surface area contributed by atoms with Crippen molar-refractivity contribution >= 4 is 23.7 Å². The van der Waals surface area contributed by atoms with Gasteiger partial charge in [-0.25, -0.2) is 4.79 Å². The molecule has 2 unspecified atom stereocenters. The third kappa shape index (κ3) is 5.42. The normalized spacial score (nSPS) is 36.1. The number of esters is 3. The van der Waals surface area contributed by atoms with Gasteiger partial charge in [0.25, 0.3) is 0 Å². The Morgan fingerprint density at radius 2 is 1.65 bits per heavy atom. The number of fused-ring (bicyclic) bond motifs is 1. The highest BCUT2D eigenvalue weighted by Crippen LogP contribution is 2.62. The van der Waals surface area contributed by atoms with Gasteiger partial charge < -0.3 is 29.2 Å². The van der Waals surface area contributed by atoms with Gasteiger partial charge in [0.2, 0.25) is 0 Å². The molecule has 1 aromatic rings. The lowest BCUT2D eigenvalue weighted by atomic mass is 9.46. The van der Waals surface area contributed by atoms with Gasteiger partial charge in [-0.05, 0) is 43.9 Å². The molecule has 43 heavy (non-hydrogen) atoms. The number of aliphatic hydroxyl groups excluding tert-OH is 1. The zero-order valence-electron chi connectivity index (χ0n) is 26.2. The van der Waals surface area contributed by atoms with Gasteiger partial charge in [0, 0.05) is 31.1 Å². The van der Waals surface area contributed by atoms with Gasteiger partial charge in [-0.15, -0.1) is 0 Å². The van der Waals surface area contributed by atoms with E-state index in [9.17, 15) is 29.4 Å².